The van der Waals surface area contributed by atoms with Crippen LogP contribution in [0.15, 0.2) is 0 Å². The van der Waals surface area contributed by atoms with E-state index in [1.807, 2.05) is 0 Å². The van der Waals surface area contributed by atoms with Crippen LogP contribution >= 0.6 is 0 Å². The summed E-state index contributed by atoms with van der Waals surface area (Å²) in [7, 11) is 1.26. The molecule has 11 heavy (non-hydrogen) atoms. The predicted molar refractivity (Wildman–Crippen MR) is 36.6 cm³/mol. The minimum Gasteiger partial charge on any atom is -0.480 e. The Bertz CT molecular complexity index is 157. The van der Waals surface area contributed by atoms with Crippen LogP contribution in [0.1, 0.15) is 13.3 Å². The Morgan fingerprint density at radius 3 is 2.36 bits per heavy atom. The monoisotopic (exact) mass is 161 g/mol. The van der Waals surface area contributed by atoms with E-state index in [9.17, 15) is 9.59 Å². The van der Waals surface area contributed by atoms with E-state index in [2.05, 4.69) is 4.84 Å². The number of hydrogen-bond donors (Lipinski definition) is 1. The van der Waals surface area contributed by atoms with Gasteiger partial charge in [0.1, 0.15) is 6.54 Å². The molecule has 0 aliphatic carbocycles. The maximum atomic E-state index is 10.8. The van der Waals surface area contributed by atoms with Crippen molar-refractivity contribution in [2.24, 2.45) is 0 Å². The quantitative estimate of drug-likeness (QED) is 0.583. The van der Waals surface area contributed by atoms with Gasteiger partial charge < -0.3 is 5.11 Å². The Hall–Kier alpha value is -1.10. The Balaban J connectivity index is 3.94. The molecule has 0 fully saturated rings. The smallest absolute Gasteiger partial charge is 0.325 e. The molecule has 0 atom stereocenters. The van der Waals surface area contributed by atoms with Crippen LogP contribution in [-0.2, 0) is 14.4 Å². The van der Waals surface area contributed by atoms with E-state index in [0.717, 1.165) is 5.06 Å². The lowest BCUT2D eigenvalue weighted by atomic mass is 10.4. The molecule has 0 saturated carbocycles. The van der Waals surface area contributed by atoms with Crippen LogP contribution in [0.3, 0.4) is 0 Å². The van der Waals surface area contributed by atoms with Gasteiger partial charge in [0.25, 0.3) is 0 Å². The molecule has 1 amide bonds. The number of carboxylic acids is 1. The van der Waals surface area contributed by atoms with Crippen LogP contribution in [0.25, 0.3) is 0 Å². The summed E-state index contributed by atoms with van der Waals surface area (Å²) in [5, 5.41) is 9.09. The third-order valence-electron chi connectivity index (χ3n) is 1.08. The summed E-state index contributed by atoms with van der Waals surface area (Å²) in [5.74, 6) is -1.43. The number of hydrogen-bond acceptors (Lipinski definition) is 3. The highest BCUT2D eigenvalue weighted by Gasteiger charge is 2.13. The van der Waals surface area contributed by atoms with Gasteiger partial charge in [-0.15, -0.1) is 0 Å². The maximum Gasteiger partial charge on any atom is 0.325 e. The molecule has 5 heteroatoms. The zero-order valence-electron chi connectivity index (χ0n) is 6.53. The van der Waals surface area contributed by atoms with Gasteiger partial charge in [-0.25, -0.2) is 5.06 Å². The summed E-state index contributed by atoms with van der Waals surface area (Å²) in [6, 6.07) is 0. The lowest BCUT2D eigenvalue weighted by Gasteiger charge is -2.15. The first kappa shape index (κ1) is 9.90. The third kappa shape index (κ3) is 3.57. The first-order valence-electron chi connectivity index (χ1n) is 3.18. The summed E-state index contributed by atoms with van der Waals surface area (Å²) in [4.78, 5) is 25.4. The molecule has 5 nitrogen and oxygen atoms in total. The molecule has 0 aromatic carbocycles. The molecule has 0 bridgehead atoms. The fourth-order valence-corrected chi connectivity index (χ4v) is 0.554. The van der Waals surface area contributed by atoms with E-state index in [1.165, 1.54) is 7.11 Å². The number of nitrogens with zero attached hydrogens (tertiary/aromatic N) is 1. The zero-order chi connectivity index (χ0) is 8.85. The van der Waals surface area contributed by atoms with Gasteiger partial charge in [0.05, 0.1) is 7.11 Å². The number of amides is 1. The summed E-state index contributed by atoms with van der Waals surface area (Å²) in [6.07, 6.45) is 0.237. The molecule has 0 radical (unpaired) electrons. The van der Waals surface area contributed by atoms with Crippen molar-refractivity contribution in [1.29, 1.82) is 0 Å². The van der Waals surface area contributed by atoms with E-state index in [4.69, 9.17) is 5.11 Å². The fourth-order valence-electron chi connectivity index (χ4n) is 0.554. The van der Waals surface area contributed by atoms with Gasteiger partial charge in [0.15, 0.2) is 0 Å². The lowest BCUT2D eigenvalue weighted by molar-refractivity contribution is -0.182. The van der Waals surface area contributed by atoms with Crippen molar-refractivity contribution >= 4 is 11.9 Å². The van der Waals surface area contributed by atoms with E-state index in [-0.39, 0.29) is 12.3 Å². The van der Waals surface area contributed by atoms with Gasteiger partial charge >= 0.3 is 5.97 Å². The van der Waals surface area contributed by atoms with Gasteiger partial charge in [-0.1, -0.05) is 6.92 Å². The van der Waals surface area contributed by atoms with Gasteiger partial charge in [-0.3, -0.25) is 14.4 Å². The number of carbonyl (C=O) groups is 2. The lowest BCUT2D eigenvalue weighted by Crippen LogP contribution is -2.34. The molecular weight excluding hydrogens is 150 g/mol. The second-order valence-electron chi connectivity index (χ2n) is 1.86. The maximum absolute atomic E-state index is 10.8. The Morgan fingerprint density at radius 1 is 1.55 bits per heavy atom. The highest BCUT2D eigenvalue weighted by Crippen LogP contribution is 1.92. The number of rotatable bonds is 4. The summed E-state index contributed by atoms with van der Waals surface area (Å²) in [6.45, 7) is 1.22. The van der Waals surface area contributed by atoms with Crippen molar-refractivity contribution in [3.63, 3.8) is 0 Å². The molecule has 0 aliphatic rings. The van der Waals surface area contributed by atoms with Crippen molar-refractivity contribution < 1.29 is 19.5 Å². The van der Waals surface area contributed by atoms with Gasteiger partial charge in [0, 0.05) is 6.42 Å². The molecule has 1 N–H and O–H groups in total. The SMILES string of the molecule is CCC(=O)N(CC(=O)O)OC. The van der Waals surface area contributed by atoms with Crippen LogP contribution in [0.5, 0.6) is 0 Å². The minimum absolute atomic E-state index is 0.237. The van der Waals surface area contributed by atoms with Crippen molar-refractivity contribution in [2.45, 2.75) is 13.3 Å². The topological polar surface area (TPSA) is 66.8 Å². The molecule has 0 rings (SSSR count). The van der Waals surface area contributed by atoms with E-state index in [0.29, 0.717) is 0 Å². The van der Waals surface area contributed by atoms with Crippen molar-refractivity contribution in [2.75, 3.05) is 13.7 Å². The van der Waals surface area contributed by atoms with Crippen molar-refractivity contribution in [3.8, 4) is 0 Å². The highest BCUT2D eigenvalue weighted by atomic mass is 16.7. The van der Waals surface area contributed by atoms with Crippen LogP contribution in [0.2, 0.25) is 0 Å². The van der Waals surface area contributed by atoms with Gasteiger partial charge in [-0.2, -0.15) is 0 Å². The summed E-state index contributed by atoms with van der Waals surface area (Å²) >= 11 is 0. The molecule has 64 valence electrons. The van der Waals surface area contributed by atoms with E-state index >= 15 is 0 Å². The second-order valence-corrected chi connectivity index (χ2v) is 1.86. The molecule has 0 spiro atoms. The minimum atomic E-state index is -1.09. The predicted octanol–water partition coefficient (Wildman–Crippen LogP) is -0.129. The van der Waals surface area contributed by atoms with Crippen molar-refractivity contribution in [1.82, 2.24) is 5.06 Å². The second kappa shape index (κ2) is 4.68. The highest BCUT2D eigenvalue weighted by molar-refractivity contribution is 5.80. The average molecular weight is 161 g/mol. The number of aliphatic carboxylic acids is 1. The Morgan fingerprint density at radius 2 is 2.09 bits per heavy atom. The first-order valence-corrected chi connectivity index (χ1v) is 3.18. The first-order chi connectivity index (χ1) is 5.11. The number of hydroxylamine groups is 2. The van der Waals surface area contributed by atoms with Crippen molar-refractivity contribution in [3.05, 3.63) is 0 Å². The average Bonchev–Trinajstić information content (AvgIpc) is 1.98. The van der Waals surface area contributed by atoms with E-state index in [1.54, 1.807) is 6.92 Å². The number of carbonyl (C=O) groups excluding carboxylic acids is 1. The molecule has 0 unspecified atom stereocenters. The largest absolute Gasteiger partial charge is 0.480 e. The summed E-state index contributed by atoms with van der Waals surface area (Å²) in [5.41, 5.74) is 0. The zero-order valence-corrected chi connectivity index (χ0v) is 6.53. The van der Waals surface area contributed by atoms with Gasteiger partial charge in [-0.05, 0) is 0 Å². The molecule has 0 aromatic rings. The van der Waals surface area contributed by atoms with Crippen LogP contribution in [0, 0.1) is 0 Å². The Kier molecular flexibility index (Phi) is 4.21. The standard InChI is InChI=1S/C6H11NO4/c1-3-5(8)7(11-2)4-6(9)10/h3-4H2,1-2H3,(H,9,10). The Labute approximate surface area is 64.5 Å². The van der Waals surface area contributed by atoms with Crippen LogP contribution in [0.4, 0.5) is 0 Å². The van der Waals surface area contributed by atoms with Crippen LogP contribution < -0.4 is 0 Å². The van der Waals surface area contributed by atoms with E-state index < -0.39 is 12.5 Å². The molecule has 0 aliphatic heterocycles. The van der Waals surface area contributed by atoms with Gasteiger partial charge in [0.2, 0.25) is 5.91 Å². The number of carboxylic acid groups (broad SMARTS) is 1. The fraction of sp³-hybridized carbons (Fsp3) is 0.667. The van der Waals surface area contributed by atoms with Crippen LogP contribution in [-0.4, -0.2) is 35.7 Å². The summed E-state index contributed by atoms with van der Waals surface area (Å²) < 4.78 is 0. The molecule has 0 saturated heterocycles. The normalized spacial score (nSPS) is 9.27. The molecular formula is C6H11NO4. The molecule has 0 aromatic heterocycles. The third-order valence-corrected chi connectivity index (χ3v) is 1.08. The molecule has 0 heterocycles.